The molecule has 0 heterocycles. The molecule has 108 valence electrons. The van der Waals surface area contributed by atoms with E-state index in [1.165, 1.54) is 11.1 Å². The molecule has 0 saturated heterocycles. The van der Waals surface area contributed by atoms with E-state index >= 15 is 0 Å². The van der Waals surface area contributed by atoms with Crippen molar-refractivity contribution >= 4 is 6.16 Å². The number of para-hydroxylation sites is 1. The van der Waals surface area contributed by atoms with Crippen molar-refractivity contribution in [3.63, 3.8) is 0 Å². The zero-order valence-electron chi connectivity index (χ0n) is 12.4. The van der Waals surface area contributed by atoms with Gasteiger partial charge in [0.2, 0.25) is 0 Å². The van der Waals surface area contributed by atoms with E-state index in [0.717, 1.165) is 12.8 Å². The summed E-state index contributed by atoms with van der Waals surface area (Å²) >= 11 is 0. The standard InChI is InChI=1S/C17H22O3/c1-14(2)8-7-9-15(3)12-13-19-17(18)20-16-10-5-4-6-11-16/h4-6,8,10-12H,7,9,13H2,1-3H3/b15-12+. The van der Waals surface area contributed by atoms with Crippen molar-refractivity contribution in [2.45, 2.75) is 33.6 Å². The second-order valence-electron chi connectivity index (χ2n) is 4.85. The molecule has 0 spiro atoms. The van der Waals surface area contributed by atoms with Gasteiger partial charge in [0.25, 0.3) is 0 Å². The average molecular weight is 274 g/mol. The summed E-state index contributed by atoms with van der Waals surface area (Å²) in [6.45, 7) is 6.44. The van der Waals surface area contributed by atoms with E-state index in [9.17, 15) is 4.79 Å². The van der Waals surface area contributed by atoms with Crippen LogP contribution in [0.1, 0.15) is 33.6 Å². The first-order valence-electron chi connectivity index (χ1n) is 6.76. The van der Waals surface area contributed by atoms with Gasteiger partial charge < -0.3 is 9.47 Å². The first kappa shape index (κ1) is 16.0. The van der Waals surface area contributed by atoms with Crippen LogP contribution in [-0.4, -0.2) is 12.8 Å². The average Bonchev–Trinajstić information content (AvgIpc) is 2.39. The van der Waals surface area contributed by atoms with E-state index in [-0.39, 0.29) is 6.61 Å². The molecule has 20 heavy (non-hydrogen) atoms. The van der Waals surface area contributed by atoms with Gasteiger partial charge >= 0.3 is 6.16 Å². The molecular formula is C17H22O3. The molecule has 0 fully saturated rings. The fourth-order valence-corrected chi connectivity index (χ4v) is 1.56. The first-order chi connectivity index (χ1) is 9.58. The van der Waals surface area contributed by atoms with Gasteiger partial charge in [0, 0.05) is 0 Å². The van der Waals surface area contributed by atoms with Crippen LogP contribution in [0.4, 0.5) is 4.79 Å². The molecule has 0 aliphatic heterocycles. The second-order valence-corrected chi connectivity index (χ2v) is 4.85. The van der Waals surface area contributed by atoms with Gasteiger partial charge in [0.15, 0.2) is 0 Å². The molecule has 0 aliphatic carbocycles. The molecule has 0 unspecified atom stereocenters. The lowest BCUT2D eigenvalue weighted by molar-refractivity contribution is 0.109. The maximum Gasteiger partial charge on any atom is 0.514 e. The number of hydrogen-bond donors (Lipinski definition) is 0. The highest BCUT2D eigenvalue weighted by atomic mass is 16.7. The van der Waals surface area contributed by atoms with Gasteiger partial charge in [-0.15, -0.1) is 0 Å². The lowest BCUT2D eigenvalue weighted by Crippen LogP contribution is -2.10. The largest absolute Gasteiger partial charge is 0.514 e. The Bertz CT molecular complexity index is 468. The normalized spacial score (nSPS) is 10.8. The second kappa shape index (κ2) is 8.97. The number of carbonyl (C=O) groups excluding carboxylic acids is 1. The maximum atomic E-state index is 11.4. The van der Waals surface area contributed by atoms with Gasteiger partial charge in [0.1, 0.15) is 12.4 Å². The molecule has 0 radical (unpaired) electrons. The highest BCUT2D eigenvalue weighted by Crippen LogP contribution is 2.10. The minimum atomic E-state index is -0.676. The number of rotatable bonds is 6. The van der Waals surface area contributed by atoms with Crippen molar-refractivity contribution in [1.82, 2.24) is 0 Å². The molecule has 0 saturated carbocycles. The first-order valence-corrected chi connectivity index (χ1v) is 6.76. The fourth-order valence-electron chi connectivity index (χ4n) is 1.56. The van der Waals surface area contributed by atoms with Crippen molar-refractivity contribution in [3.8, 4) is 5.75 Å². The van der Waals surface area contributed by atoms with E-state index < -0.39 is 6.16 Å². The smallest absolute Gasteiger partial charge is 0.430 e. The SMILES string of the molecule is CC(C)=CCC/C(C)=C/COC(=O)Oc1ccccc1. The number of allylic oxidation sites excluding steroid dienone is 3. The van der Waals surface area contributed by atoms with Crippen molar-refractivity contribution in [2.75, 3.05) is 6.61 Å². The molecule has 0 amide bonds. The van der Waals surface area contributed by atoms with Gasteiger partial charge in [-0.3, -0.25) is 0 Å². The number of hydrogen-bond acceptors (Lipinski definition) is 3. The van der Waals surface area contributed by atoms with Crippen LogP contribution in [0.2, 0.25) is 0 Å². The molecule has 3 nitrogen and oxygen atoms in total. The molecule has 1 aromatic rings. The van der Waals surface area contributed by atoms with Crippen molar-refractivity contribution in [1.29, 1.82) is 0 Å². The molecule has 3 heteroatoms. The Labute approximate surface area is 120 Å². The van der Waals surface area contributed by atoms with Crippen LogP contribution in [0, 0.1) is 0 Å². The Balaban J connectivity index is 2.25. The summed E-state index contributed by atoms with van der Waals surface area (Å²) < 4.78 is 10.00. The summed E-state index contributed by atoms with van der Waals surface area (Å²) in [6.07, 6.45) is 5.42. The fraction of sp³-hybridized carbons (Fsp3) is 0.353. The highest BCUT2D eigenvalue weighted by molar-refractivity contribution is 5.63. The lowest BCUT2D eigenvalue weighted by atomic mass is 10.1. The van der Waals surface area contributed by atoms with Crippen LogP contribution in [-0.2, 0) is 4.74 Å². The predicted molar refractivity (Wildman–Crippen MR) is 80.8 cm³/mol. The minimum absolute atomic E-state index is 0.242. The number of ether oxygens (including phenoxy) is 2. The predicted octanol–water partition coefficient (Wildman–Crippen LogP) is 4.89. The molecule has 1 rings (SSSR count). The zero-order chi connectivity index (χ0) is 14.8. The van der Waals surface area contributed by atoms with E-state index in [1.54, 1.807) is 24.3 Å². The Morgan fingerprint density at radius 2 is 1.80 bits per heavy atom. The molecule has 0 bridgehead atoms. The third-order valence-electron chi connectivity index (χ3n) is 2.67. The van der Waals surface area contributed by atoms with E-state index in [0.29, 0.717) is 5.75 Å². The maximum absolute atomic E-state index is 11.4. The van der Waals surface area contributed by atoms with Gasteiger partial charge in [-0.05, 0) is 51.8 Å². The van der Waals surface area contributed by atoms with Gasteiger partial charge in [-0.1, -0.05) is 35.4 Å². The van der Waals surface area contributed by atoms with Crippen LogP contribution in [0.15, 0.2) is 53.6 Å². The topological polar surface area (TPSA) is 35.5 Å². The number of benzene rings is 1. The quantitative estimate of drug-likeness (QED) is 0.420. The summed E-state index contributed by atoms with van der Waals surface area (Å²) in [5, 5.41) is 0. The molecular weight excluding hydrogens is 252 g/mol. The van der Waals surface area contributed by atoms with Crippen LogP contribution in [0.5, 0.6) is 5.75 Å². The Hall–Kier alpha value is -2.03. The van der Waals surface area contributed by atoms with Gasteiger partial charge in [0.05, 0.1) is 0 Å². The molecule has 0 atom stereocenters. The van der Waals surface area contributed by atoms with Crippen molar-refractivity contribution in [3.05, 3.63) is 53.6 Å². The highest BCUT2D eigenvalue weighted by Gasteiger charge is 2.03. The zero-order valence-corrected chi connectivity index (χ0v) is 12.4. The Kier molecular flexibility index (Phi) is 7.18. The minimum Gasteiger partial charge on any atom is -0.430 e. The lowest BCUT2D eigenvalue weighted by Gasteiger charge is -2.04. The van der Waals surface area contributed by atoms with Crippen LogP contribution >= 0.6 is 0 Å². The van der Waals surface area contributed by atoms with Crippen molar-refractivity contribution < 1.29 is 14.3 Å². The van der Waals surface area contributed by atoms with Crippen molar-refractivity contribution in [2.24, 2.45) is 0 Å². The van der Waals surface area contributed by atoms with Crippen LogP contribution in [0.25, 0.3) is 0 Å². The summed E-state index contributed by atoms with van der Waals surface area (Å²) in [5.41, 5.74) is 2.52. The third kappa shape index (κ3) is 7.41. The molecule has 0 aliphatic rings. The van der Waals surface area contributed by atoms with Crippen LogP contribution in [0.3, 0.4) is 0 Å². The molecule has 0 aromatic heterocycles. The van der Waals surface area contributed by atoms with Gasteiger partial charge in [-0.2, -0.15) is 0 Å². The van der Waals surface area contributed by atoms with Gasteiger partial charge in [-0.25, -0.2) is 4.79 Å². The third-order valence-corrected chi connectivity index (χ3v) is 2.67. The number of carbonyl (C=O) groups is 1. The van der Waals surface area contributed by atoms with E-state index in [4.69, 9.17) is 9.47 Å². The Morgan fingerprint density at radius 3 is 2.45 bits per heavy atom. The Morgan fingerprint density at radius 1 is 1.10 bits per heavy atom. The van der Waals surface area contributed by atoms with E-state index in [1.807, 2.05) is 19.1 Å². The summed E-state index contributed by atoms with van der Waals surface area (Å²) in [7, 11) is 0. The monoisotopic (exact) mass is 274 g/mol. The molecule has 1 aromatic carbocycles. The van der Waals surface area contributed by atoms with Crippen LogP contribution < -0.4 is 4.74 Å². The summed E-state index contributed by atoms with van der Waals surface area (Å²) in [6, 6.07) is 8.88. The summed E-state index contributed by atoms with van der Waals surface area (Å²) in [5.74, 6) is 0.488. The summed E-state index contributed by atoms with van der Waals surface area (Å²) in [4.78, 5) is 11.4. The van der Waals surface area contributed by atoms with E-state index in [2.05, 4.69) is 19.9 Å². The molecule has 0 N–H and O–H groups in total.